The van der Waals surface area contributed by atoms with Crippen LogP contribution in [0.25, 0.3) is 0 Å². The van der Waals surface area contributed by atoms with Gasteiger partial charge in [0, 0.05) is 32.7 Å². The van der Waals surface area contributed by atoms with Gasteiger partial charge >= 0.3 is 11.8 Å². The Morgan fingerprint density at radius 2 is 1.81 bits per heavy atom. The molecule has 2 rings (SSSR count). The highest BCUT2D eigenvalue weighted by Gasteiger charge is 2.31. The molecular weight excluding hydrogens is 266 g/mol. The molecule has 1 aromatic rings. The Morgan fingerprint density at radius 3 is 2.38 bits per heavy atom. The van der Waals surface area contributed by atoms with E-state index in [1.165, 1.54) is 10.5 Å². The number of hydrogen-bond acceptors (Lipinski definition) is 3. The van der Waals surface area contributed by atoms with E-state index in [4.69, 9.17) is 0 Å². The van der Waals surface area contributed by atoms with Gasteiger partial charge in [0.2, 0.25) is 0 Å². The van der Waals surface area contributed by atoms with Gasteiger partial charge < -0.3 is 15.1 Å². The molecule has 1 N–H and O–H groups in total. The Bertz CT molecular complexity index is 513. The molecule has 0 spiro atoms. The Morgan fingerprint density at radius 1 is 1.14 bits per heavy atom. The van der Waals surface area contributed by atoms with Crippen LogP contribution in [0.4, 0.5) is 0 Å². The first-order valence-corrected chi connectivity index (χ1v) is 7.37. The average molecular weight is 289 g/mol. The molecule has 0 saturated carbocycles. The van der Waals surface area contributed by atoms with Crippen molar-refractivity contribution in [3.8, 4) is 0 Å². The van der Waals surface area contributed by atoms with E-state index >= 15 is 0 Å². The summed E-state index contributed by atoms with van der Waals surface area (Å²) in [6.07, 6.45) is 1.01. The van der Waals surface area contributed by atoms with Crippen LogP contribution in [-0.2, 0) is 16.0 Å². The molecule has 1 aromatic carbocycles. The highest BCUT2D eigenvalue weighted by atomic mass is 16.2. The van der Waals surface area contributed by atoms with Gasteiger partial charge in [-0.3, -0.25) is 9.59 Å². The summed E-state index contributed by atoms with van der Waals surface area (Å²) in [5.41, 5.74) is 2.42. The SMILES string of the molecule is CCc1ccc(C(CN2CCN(C)C(=O)C2=O)NC)cc1. The van der Waals surface area contributed by atoms with E-state index in [0.29, 0.717) is 19.6 Å². The Hall–Kier alpha value is -1.88. The van der Waals surface area contributed by atoms with Crippen LogP contribution in [-0.4, -0.2) is 55.3 Å². The van der Waals surface area contributed by atoms with E-state index in [2.05, 4.69) is 36.5 Å². The van der Waals surface area contributed by atoms with Crippen molar-refractivity contribution in [1.29, 1.82) is 0 Å². The topological polar surface area (TPSA) is 52.7 Å². The Kier molecular flexibility index (Phi) is 4.96. The average Bonchev–Trinajstić information content (AvgIpc) is 2.52. The molecule has 0 aliphatic carbocycles. The predicted octanol–water partition coefficient (Wildman–Crippen LogP) is 0.810. The third-order valence-electron chi connectivity index (χ3n) is 4.06. The molecule has 5 nitrogen and oxygen atoms in total. The number of nitrogens with one attached hydrogen (secondary N) is 1. The van der Waals surface area contributed by atoms with Gasteiger partial charge in [-0.25, -0.2) is 0 Å². The summed E-state index contributed by atoms with van der Waals surface area (Å²) >= 11 is 0. The first-order valence-electron chi connectivity index (χ1n) is 7.37. The largest absolute Gasteiger partial charge is 0.336 e. The minimum atomic E-state index is -0.419. The maximum atomic E-state index is 12.0. The summed E-state index contributed by atoms with van der Waals surface area (Å²) in [6.45, 7) is 3.82. The molecule has 1 aliphatic heterocycles. The first-order chi connectivity index (χ1) is 10.1. The van der Waals surface area contributed by atoms with Gasteiger partial charge in [0.25, 0.3) is 0 Å². The van der Waals surface area contributed by atoms with Crippen molar-refractivity contribution < 1.29 is 9.59 Å². The second-order valence-corrected chi connectivity index (χ2v) is 5.41. The van der Waals surface area contributed by atoms with Crippen LogP contribution in [0.5, 0.6) is 0 Å². The van der Waals surface area contributed by atoms with Gasteiger partial charge in [-0.2, -0.15) is 0 Å². The van der Waals surface area contributed by atoms with E-state index in [1.54, 1.807) is 11.9 Å². The van der Waals surface area contributed by atoms with Gasteiger partial charge in [0.15, 0.2) is 0 Å². The molecule has 5 heteroatoms. The van der Waals surface area contributed by atoms with Crippen molar-refractivity contribution in [3.63, 3.8) is 0 Å². The lowest BCUT2D eigenvalue weighted by Gasteiger charge is -2.34. The first kappa shape index (κ1) is 15.5. The maximum absolute atomic E-state index is 12.0. The van der Waals surface area contributed by atoms with Crippen molar-refractivity contribution in [2.75, 3.05) is 33.7 Å². The maximum Gasteiger partial charge on any atom is 0.312 e. The fraction of sp³-hybridized carbons (Fsp3) is 0.500. The van der Waals surface area contributed by atoms with Gasteiger partial charge in [0.05, 0.1) is 0 Å². The van der Waals surface area contributed by atoms with Gasteiger partial charge in [0.1, 0.15) is 0 Å². The molecule has 1 atom stereocenters. The molecule has 2 amide bonds. The zero-order valence-corrected chi connectivity index (χ0v) is 12.9. The molecule has 1 saturated heterocycles. The minimum absolute atomic E-state index is 0.0380. The molecule has 1 heterocycles. The summed E-state index contributed by atoms with van der Waals surface area (Å²) in [5, 5.41) is 3.23. The van der Waals surface area contributed by atoms with E-state index in [0.717, 1.165) is 12.0 Å². The zero-order chi connectivity index (χ0) is 15.4. The van der Waals surface area contributed by atoms with E-state index in [1.807, 2.05) is 7.05 Å². The summed E-state index contributed by atoms with van der Waals surface area (Å²) in [4.78, 5) is 26.9. The quantitative estimate of drug-likeness (QED) is 0.816. The number of rotatable bonds is 5. The Labute approximate surface area is 125 Å². The molecule has 21 heavy (non-hydrogen) atoms. The van der Waals surface area contributed by atoms with Gasteiger partial charge in [-0.1, -0.05) is 31.2 Å². The monoisotopic (exact) mass is 289 g/mol. The highest BCUT2D eigenvalue weighted by Crippen LogP contribution is 2.17. The van der Waals surface area contributed by atoms with Gasteiger partial charge in [-0.05, 0) is 24.6 Å². The van der Waals surface area contributed by atoms with Crippen LogP contribution in [0.15, 0.2) is 24.3 Å². The lowest BCUT2D eigenvalue weighted by molar-refractivity contribution is -0.155. The molecule has 0 aromatic heterocycles. The lowest BCUT2D eigenvalue weighted by Crippen LogP contribution is -2.54. The molecule has 1 aliphatic rings. The van der Waals surface area contributed by atoms with Crippen LogP contribution in [0, 0.1) is 0 Å². The molecule has 1 unspecified atom stereocenters. The molecule has 1 fully saturated rings. The highest BCUT2D eigenvalue weighted by molar-refractivity contribution is 6.35. The second kappa shape index (κ2) is 6.72. The van der Waals surface area contributed by atoms with Crippen molar-refractivity contribution >= 4 is 11.8 Å². The third-order valence-corrected chi connectivity index (χ3v) is 4.06. The Balaban J connectivity index is 2.08. The fourth-order valence-electron chi connectivity index (χ4n) is 2.52. The lowest BCUT2D eigenvalue weighted by atomic mass is 10.0. The third kappa shape index (κ3) is 3.42. The predicted molar refractivity (Wildman–Crippen MR) is 81.8 cm³/mol. The molecule has 0 bridgehead atoms. The van der Waals surface area contributed by atoms with E-state index < -0.39 is 11.8 Å². The number of nitrogens with zero attached hydrogens (tertiary/aromatic N) is 2. The number of piperazine rings is 1. The summed E-state index contributed by atoms with van der Waals surface area (Å²) in [5.74, 6) is -0.827. The number of hydrogen-bond donors (Lipinski definition) is 1. The van der Waals surface area contributed by atoms with Gasteiger partial charge in [-0.15, -0.1) is 0 Å². The van der Waals surface area contributed by atoms with Crippen LogP contribution < -0.4 is 5.32 Å². The van der Waals surface area contributed by atoms with Crippen molar-refractivity contribution in [3.05, 3.63) is 35.4 Å². The summed E-state index contributed by atoms with van der Waals surface area (Å²) < 4.78 is 0. The molecule has 0 radical (unpaired) electrons. The number of carbonyl (C=O) groups excluding carboxylic acids is 2. The zero-order valence-electron chi connectivity index (χ0n) is 12.9. The fourth-order valence-corrected chi connectivity index (χ4v) is 2.52. The smallest absolute Gasteiger partial charge is 0.312 e. The second-order valence-electron chi connectivity index (χ2n) is 5.41. The number of amides is 2. The number of aryl methyl sites for hydroxylation is 1. The standard InChI is InChI=1S/C16H23N3O2/c1-4-12-5-7-13(8-6-12)14(17-2)11-19-10-9-18(3)15(20)16(19)21/h5-8,14,17H,4,9-11H2,1-3H3. The number of likely N-dealkylation sites (N-methyl/N-ethyl adjacent to an activating group) is 2. The van der Waals surface area contributed by atoms with Crippen LogP contribution in [0.1, 0.15) is 24.1 Å². The van der Waals surface area contributed by atoms with Crippen molar-refractivity contribution in [2.45, 2.75) is 19.4 Å². The number of benzene rings is 1. The molecule has 114 valence electrons. The minimum Gasteiger partial charge on any atom is -0.336 e. The normalized spacial score (nSPS) is 17.3. The molecular formula is C16H23N3O2. The summed E-state index contributed by atoms with van der Waals surface area (Å²) in [6, 6.07) is 8.42. The summed E-state index contributed by atoms with van der Waals surface area (Å²) in [7, 11) is 3.54. The van der Waals surface area contributed by atoms with Crippen LogP contribution in [0.2, 0.25) is 0 Å². The van der Waals surface area contributed by atoms with Crippen LogP contribution in [0.3, 0.4) is 0 Å². The van der Waals surface area contributed by atoms with E-state index in [9.17, 15) is 9.59 Å². The van der Waals surface area contributed by atoms with Crippen molar-refractivity contribution in [1.82, 2.24) is 15.1 Å². The number of carbonyl (C=O) groups is 2. The van der Waals surface area contributed by atoms with Crippen LogP contribution >= 0.6 is 0 Å². The van der Waals surface area contributed by atoms with E-state index in [-0.39, 0.29) is 6.04 Å². The van der Waals surface area contributed by atoms with Crippen molar-refractivity contribution in [2.24, 2.45) is 0 Å².